The third kappa shape index (κ3) is 2.27. The molecule has 8 heteroatoms. The Balaban J connectivity index is 1.84. The molecule has 110 valence electrons. The van der Waals surface area contributed by atoms with Gasteiger partial charge in [0.1, 0.15) is 21.2 Å². The number of fused-ring (bicyclic) bond motifs is 1. The summed E-state index contributed by atoms with van der Waals surface area (Å²) in [7, 11) is 1.84. The normalized spacial score (nSPS) is 11.2. The molecule has 0 spiro atoms. The molecule has 0 aliphatic heterocycles. The van der Waals surface area contributed by atoms with Crippen LogP contribution in [-0.4, -0.2) is 20.8 Å². The van der Waals surface area contributed by atoms with Gasteiger partial charge in [-0.3, -0.25) is 9.48 Å². The van der Waals surface area contributed by atoms with Gasteiger partial charge in [-0.15, -0.1) is 11.3 Å². The Bertz CT molecular complexity index is 829. The number of nitrogen functional groups attached to an aromatic ring is 1. The number of amides is 1. The third-order valence-corrected chi connectivity index (χ3v) is 4.47. The minimum Gasteiger partial charge on any atom is -0.397 e. The van der Waals surface area contributed by atoms with Crippen molar-refractivity contribution < 1.29 is 9.32 Å². The molecule has 0 saturated heterocycles. The second kappa shape index (κ2) is 4.88. The average Bonchev–Trinajstić information content (AvgIpc) is 3.06. The van der Waals surface area contributed by atoms with Gasteiger partial charge >= 0.3 is 0 Å². The molecule has 0 bridgehead atoms. The van der Waals surface area contributed by atoms with Crippen LogP contribution in [0.1, 0.15) is 26.8 Å². The fourth-order valence-electron chi connectivity index (χ4n) is 2.25. The maximum atomic E-state index is 12.3. The molecule has 0 aliphatic carbocycles. The number of nitrogens with two attached hydrogens (primary N) is 1. The first-order valence-electron chi connectivity index (χ1n) is 6.39. The van der Waals surface area contributed by atoms with Gasteiger partial charge < -0.3 is 15.6 Å². The van der Waals surface area contributed by atoms with Gasteiger partial charge in [0.05, 0.1) is 23.3 Å². The van der Waals surface area contributed by atoms with Gasteiger partial charge in [-0.05, 0) is 13.8 Å². The maximum Gasteiger partial charge on any atom is 0.263 e. The van der Waals surface area contributed by atoms with Crippen LogP contribution in [0.3, 0.4) is 0 Å². The number of hydrogen-bond acceptors (Lipinski definition) is 6. The highest BCUT2D eigenvalue weighted by Crippen LogP contribution is 2.35. The van der Waals surface area contributed by atoms with E-state index in [2.05, 4.69) is 15.6 Å². The first-order chi connectivity index (χ1) is 9.97. The van der Waals surface area contributed by atoms with Crippen LogP contribution in [0, 0.1) is 13.8 Å². The number of aromatic nitrogens is 3. The Morgan fingerprint density at radius 1 is 1.52 bits per heavy atom. The molecule has 0 radical (unpaired) electrons. The van der Waals surface area contributed by atoms with Crippen molar-refractivity contribution in [1.29, 1.82) is 0 Å². The molecule has 1 amide bonds. The minimum atomic E-state index is -0.214. The van der Waals surface area contributed by atoms with Crippen LogP contribution in [-0.2, 0) is 13.6 Å². The topological polar surface area (TPSA) is 99.0 Å². The lowest BCUT2D eigenvalue weighted by molar-refractivity contribution is 0.0955. The summed E-state index contributed by atoms with van der Waals surface area (Å²) in [5, 5.41) is 11.8. The number of thiophene rings is 1. The van der Waals surface area contributed by atoms with E-state index in [1.54, 1.807) is 17.7 Å². The molecule has 0 unspecified atom stereocenters. The number of nitrogens with one attached hydrogen (secondary N) is 1. The summed E-state index contributed by atoms with van der Waals surface area (Å²) in [4.78, 5) is 13.7. The van der Waals surface area contributed by atoms with Crippen LogP contribution in [0.15, 0.2) is 10.6 Å². The number of rotatable bonds is 3. The highest BCUT2D eigenvalue weighted by Gasteiger charge is 2.20. The fourth-order valence-corrected chi connectivity index (χ4v) is 3.35. The minimum absolute atomic E-state index is 0.214. The molecular weight excluding hydrogens is 290 g/mol. The van der Waals surface area contributed by atoms with Crippen LogP contribution in [0.2, 0.25) is 0 Å². The van der Waals surface area contributed by atoms with Gasteiger partial charge in [-0.2, -0.15) is 5.10 Å². The predicted octanol–water partition coefficient (Wildman–Crippen LogP) is 1.75. The zero-order valence-electron chi connectivity index (χ0n) is 11.9. The smallest absolute Gasteiger partial charge is 0.263 e. The van der Waals surface area contributed by atoms with Crippen LogP contribution in [0.4, 0.5) is 5.69 Å². The summed E-state index contributed by atoms with van der Waals surface area (Å²) in [5.41, 5.74) is 8.08. The van der Waals surface area contributed by atoms with E-state index in [4.69, 9.17) is 10.3 Å². The van der Waals surface area contributed by atoms with Crippen molar-refractivity contribution in [2.24, 2.45) is 7.05 Å². The molecule has 0 aliphatic rings. The highest BCUT2D eigenvalue weighted by atomic mass is 32.1. The molecule has 0 fully saturated rings. The molecule has 0 atom stereocenters. The van der Waals surface area contributed by atoms with E-state index in [0.717, 1.165) is 15.9 Å². The SMILES string of the molecule is Cc1cc(CNC(=O)c2sc3c(c(C)nn3C)c2N)no1. The molecule has 3 aromatic heterocycles. The number of carbonyl (C=O) groups is 1. The van der Waals surface area contributed by atoms with E-state index in [1.165, 1.54) is 11.3 Å². The number of nitrogens with zero attached hydrogens (tertiary/aromatic N) is 3. The molecule has 0 saturated carbocycles. The second-order valence-corrected chi connectivity index (χ2v) is 5.84. The monoisotopic (exact) mass is 305 g/mol. The van der Waals surface area contributed by atoms with Gasteiger partial charge in [0, 0.05) is 13.1 Å². The van der Waals surface area contributed by atoms with Crippen molar-refractivity contribution in [3.8, 4) is 0 Å². The van der Waals surface area contributed by atoms with Gasteiger partial charge in [-0.1, -0.05) is 5.16 Å². The summed E-state index contributed by atoms with van der Waals surface area (Å²) in [6, 6.07) is 1.78. The lowest BCUT2D eigenvalue weighted by atomic mass is 10.2. The summed E-state index contributed by atoms with van der Waals surface area (Å²) < 4.78 is 6.70. The second-order valence-electron chi connectivity index (χ2n) is 4.85. The molecule has 0 aromatic carbocycles. The molecule has 21 heavy (non-hydrogen) atoms. The number of aryl methyl sites for hydroxylation is 3. The van der Waals surface area contributed by atoms with Crippen LogP contribution < -0.4 is 11.1 Å². The summed E-state index contributed by atoms with van der Waals surface area (Å²) in [5.74, 6) is 0.496. The van der Waals surface area contributed by atoms with E-state index in [-0.39, 0.29) is 5.91 Å². The molecular formula is C13H15N5O2S. The Labute approximate surface area is 124 Å². The zero-order chi connectivity index (χ0) is 15.1. The lowest BCUT2D eigenvalue weighted by Crippen LogP contribution is -2.22. The maximum absolute atomic E-state index is 12.3. The fraction of sp³-hybridized carbons (Fsp3) is 0.308. The van der Waals surface area contributed by atoms with E-state index in [0.29, 0.717) is 28.6 Å². The summed E-state index contributed by atoms with van der Waals surface area (Å²) in [6.07, 6.45) is 0. The molecule has 7 nitrogen and oxygen atoms in total. The number of carbonyl (C=O) groups excluding carboxylic acids is 1. The van der Waals surface area contributed by atoms with Crippen LogP contribution in [0.5, 0.6) is 0 Å². The van der Waals surface area contributed by atoms with Gasteiger partial charge in [0.2, 0.25) is 0 Å². The molecule has 3 rings (SSSR count). The molecule has 3 aromatic rings. The van der Waals surface area contributed by atoms with Gasteiger partial charge in [0.15, 0.2) is 0 Å². The largest absolute Gasteiger partial charge is 0.397 e. The Morgan fingerprint density at radius 2 is 2.29 bits per heavy atom. The van der Waals surface area contributed by atoms with Crippen LogP contribution >= 0.6 is 11.3 Å². The summed E-state index contributed by atoms with van der Waals surface area (Å²) >= 11 is 1.34. The highest BCUT2D eigenvalue weighted by molar-refractivity contribution is 7.21. The van der Waals surface area contributed by atoms with Gasteiger partial charge in [0.25, 0.3) is 5.91 Å². The van der Waals surface area contributed by atoms with Gasteiger partial charge in [-0.25, -0.2) is 0 Å². The Kier molecular flexibility index (Phi) is 3.17. The van der Waals surface area contributed by atoms with E-state index < -0.39 is 0 Å². The van der Waals surface area contributed by atoms with Crippen LogP contribution in [0.25, 0.3) is 10.2 Å². The standard InChI is InChI=1S/C13H15N5O2S/c1-6-4-8(17-20-6)5-15-12(19)11-10(14)9-7(2)16-18(3)13(9)21-11/h4H,5,14H2,1-3H3,(H,15,19). The first kappa shape index (κ1) is 13.6. The van der Waals surface area contributed by atoms with Crippen molar-refractivity contribution in [3.63, 3.8) is 0 Å². The third-order valence-electron chi connectivity index (χ3n) is 3.20. The number of hydrogen-bond donors (Lipinski definition) is 2. The van der Waals surface area contributed by atoms with Crippen molar-refractivity contribution in [2.75, 3.05) is 5.73 Å². The van der Waals surface area contributed by atoms with E-state index in [9.17, 15) is 4.79 Å². The van der Waals surface area contributed by atoms with E-state index >= 15 is 0 Å². The quantitative estimate of drug-likeness (QED) is 0.768. The Hall–Kier alpha value is -2.35. The first-order valence-corrected chi connectivity index (χ1v) is 7.21. The molecule has 3 heterocycles. The van der Waals surface area contributed by atoms with E-state index in [1.807, 2.05) is 14.0 Å². The number of anilines is 1. The zero-order valence-corrected chi connectivity index (χ0v) is 12.7. The molecule has 3 N–H and O–H groups in total. The van der Waals surface area contributed by atoms with Crippen molar-refractivity contribution in [3.05, 3.63) is 28.1 Å². The van der Waals surface area contributed by atoms with Crippen molar-refractivity contribution in [2.45, 2.75) is 20.4 Å². The Morgan fingerprint density at radius 3 is 2.90 bits per heavy atom. The average molecular weight is 305 g/mol. The van der Waals surface area contributed by atoms with Crippen molar-refractivity contribution in [1.82, 2.24) is 20.3 Å². The predicted molar refractivity (Wildman–Crippen MR) is 80.2 cm³/mol. The summed E-state index contributed by atoms with van der Waals surface area (Å²) in [6.45, 7) is 3.99. The van der Waals surface area contributed by atoms with Crippen molar-refractivity contribution >= 4 is 33.1 Å². The lowest BCUT2D eigenvalue weighted by Gasteiger charge is -2.01.